The normalized spacial score (nSPS) is 24.4. The van der Waals surface area contributed by atoms with E-state index in [1.807, 2.05) is 0 Å². The Morgan fingerprint density at radius 3 is 2.71 bits per heavy atom. The Morgan fingerprint density at radius 2 is 2.21 bits per heavy atom. The summed E-state index contributed by atoms with van der Waals surface area (Å²) in [6.07, 6.45) is 4.24. The molecule has 14 heavy (non-hydrogen) atoms. The number of hydrogen-bond acceptors (Lipinski definition) is 3. The predicted molar refractivity (Wildman–Crippen MR) is 54.1 cm³/mol. The largest absolute Gasteiger partial charge is 0.481 e. The zero-order chi connectivity index (χ0) is 10.1. The van der Waals surface area contributed by atoms with Gasteiger partial charge in [-0.05, 0) is 31.6 Å². The zero-order valence-electron chi connectivity index (χ0n) is 7.78. The quantitative estimate of drug-likeness (QED) is 0.775. The molecule has 0 amide bonds. The number of carboxylic acids is 1. The Kier molecular flexibility index (Phi) is 2.63. The van der Waals surface area contributed by atoms with Crippen LogP contribution in [0.4, 0.5) is 0 Å². The summed E-state index contributed by atoms with van der Waals surface area (Å²) in [5.74, 6) is -0.355. The molecule has 1 fully saturated rings. The second kappa shape index (κ2) is 3.77. The molecular formula is C10H12O3S. The molecule has 0 aliphatic heterocycles. The summed E-state index contributed by atoms with van der Waals surface area (Å²) in [7, 11) is 0. The van der Waals surface area contributed by atoms with Crippen LogP contribution in [0.3, 0.4) is 0 Å². The molecule has 0 saturated heterocycles. The number of hydrogen-bond donors (Lipinski definition) is 1. The highest BCUT2D eigenvalue weighted by Gasteiger charge is 2.33. The average molecular weight is 212 g/mol. The van der Waals surface area contributed by atoms with Crippen molar-refractivity contribution in [1.82, 2.24) is 0 Å². The first-order chi connectivity index (χ1) is 6.66. The minimum absolute atomic E-state index is 0.00963. The molecule has 1 saturated carbocycles. The summed E-state index contributed by atoms with van der Waals surface area (Å²) in [6.45, 7) is 0. The fourth-order valence-electron chi connectivity index (χ4n) is 2.25. The molecule has 1 unspecified atom stereocenters. The Hall–Kier alpha value is -0.770. The van der Waals surface area contributed by atoms with Crippen molar-refractivity contribution in [1.29, 1.82) is 0 Å². The Bertz CT molecular complexity index is 319. The van der Waals surface area contributed by atoms with Crippen LogP contribution in [0.15, 0.2) is 11.1 Å². The standard InChI is InChI=1S/C10H12O3S/c11-9(12)5-14-10(13)8-4-6-1-2-7(8)3-6/h6H,1-5H2,(H,11,12). The van der Waals surface area contributed by atoms with E-state index in [-0.39, 0.29) is 10.9 Å². The van der Waals surface area contributed by atoms with Gasteiger partial charge in [-0.1, -0.05) is 17.3 Å². The van der Waals surface area contributed by atoms with Crippen molar-refractivity contribution in [2.75, 3.05) is 5.75 Å². The van der Waals surface area contributed by atoms with Gasteiger partial charge in [-0.15, -0.1) is 0 Å². The van der Waals surface area contributed by atoms with Crippen molar-refractivity contribution < 1.29 is 14.7 Å². The van der Waals surface area contributed by atoms with Crippen LogP contribution >= 0.6 is 11.8 Å². The molecule has 2 aliphatic rings. The smallest absolute Gasteiger partial charge is 0.313 e. The molecule has 0 spiro atoms. The van der Waals surface area contributed by atoms with E-state index in [4.69, 9.17) is 5.11 Å². The second-order valence-corrected chi connectivity index (χ2v) is 4.81. The van der Waals surface area contributed by atoms with E-state index in [1.54, 1.807) is 0 Å². The maximum absolute atomic E-state index is 11.6. The van der Waals surface area contributed by atoms with Gasteiger partial charge in [-0.3, -0.25) is 9.59 Å². The maximum atomic E-state index is 11.6. The third-order valence-corrected chi connectivity index (χ3v) is 3.78. The van der Waals surface area contributed by atoms with Gasteiger partial charge in [0.15, 0.2) is 0 Å². The molecule has 2 rings (SSSR count). The van der Waals surface area contributed by atoms with Gasteiger partial charge in [-0.25, -0.2) is 0 Å². The summed E-state index contributed by atoms with van der Waals surface area (Å²) in [5, 5.41) is 8.44. The van der Waals surface area contributed by atoms with Gasteiger partial charge in [0.05, 0.1) is 5.75 Å². The highest BCUT2D eigenvalue weighted by Crippen LogP contribution is 2.45. The maximum Gasteiger partial charge on any atom is 0.313 e. The van der Waals surface area contributed by atoms with Gasteiger partial charge in [0.25, 0.3) is 0 Å². The summed E-state index contributed by atoms with van der Waals surface area (Å²) < 4.78 is 0. The lowest BCUT2D eigenvalue weighted by Gasteiger charge is -2.09. The van der Waals surface area contributed by atoms with Gasteiger partial charge in [0, 0.05) is 5.57 Å². The van der Waals surface area contributed by atoms with Crippen LogP contribution in [-0.2, 0) is 9.59 Å². The third-order valence-electron chi connectivity index (χ3n) is 2.88. The Labute approximate surface area is 86.6 Å². The van der Waals surface area contributed by atoms with Crippen molar-refractivity contribution in [3.8, 4) is 0 Å². The van der Waals surface area contributed by atoms with Gasteiger partial charge in [-0.2, -0.15) is 0 Å². The van der Waals surface area contributed by atoms with Crippen LogP contribution < -0.4 is 0 Å². The lowest BCUT2D eigenvalue weighted by Crippen LogP contribution is -2.07. The SMILES string of the molecule is O=C(O)CSC(=O)C1=C2CCC(C2)C1. The minimum atomic E-state index is -0.919. The van der Waals surface area contributed by atoms with E-state index in [9.17, 15) is 9.59 Å². The van der Waals surface area contributed by atoms with Crippen molar-refractivity contribution in [3.05, 3.63) is 11.1 Å². The molecule has 4 heteroatoms. The monoisotopic (exact) mass is 212 g/mol. The molecule has 2 bridgehead atoms. The van der Waals surface area contributed by atoms with E-state index in [0.29, 0.717) is 5.92 Å². The van der Waals surface area contributed by atoms with Crippen molar-refractivity contribution in [2.45, 2.75) is 25.7 Å². The van der Waals surface area contributed by atoms with E-state index in [1.165, 1.54) is 12.0 Å². The number of fused-ring (bicyclic) bond motifs is 2. The Balaban J connectivity index is 1.96. The molecule has 2 aliphatic carbocycles. The number of carbonyl (C=O) groups is 2. The molecule has 0 aromatic carbocycles. The lowest BCUT2D eigenvalue weighted by molar-refractivity contribution is -0.134. The Morgan fingerprint density at radius 1 is 1.43 bits per heavy atom. The molecule has 1 N–H and O–H groups in total. The van der Waals surface area contributed by atoms with E-state index in [0.717, 1.165) is 36.6 Å². The number of carbonyl (C=O) groups excluding carboxylic acids is 1. The summed E-state index contributed by atoms with van der Waals surface area (Å²) in [6, 6.07) is 0. The zero-order valence-corrected chi connectivity index (χ0v) is 8.60. The molecule has 0 aromatic rings. The van der Waals surface area contributed by atoms with Crippen molar-refractivity contribution in [2.24, 2.45) is 5.92 Å². The van der Waals surface area contributed by atoms with Crippen LogP contribution in [0.1, 0.15) is 25.7 Å². The fraction of sp³-hybridized carbons (Fsp3) is 0.600. The summed E-state index contributed by atoms with van der Waals surface area (Å²) >= 11 is 0.925. The lowest BCUT2D eigenvalue weighted by atomic mass is 10.0. The first kappa shape index (κ1) is 9.77. The first-order valence-electron chi connectivity index (χ1n) is 4.76. The van der Waals surface area contributed by atoms with Crippen LogP contribution in [0.25, 0.3) is 0 Å². The fourth-order valence-corrected chi connectivity index (χ4v) is 2.91. The van der Waals surface area contributed by atoms with E-state index in [2.05, 4.69) is 0 Å². The molecular weight excluding hydrogens is 200 g/mol. The predicted octanol–water partition coefficient (Wildman–Crippen LogP) is 1.83. The average Bonchev–Trinajstić information content (AvgIpc) is 2.74. The number of thioether (sulfide) groups is 1. The topological polar surface area (TPSA) is 54.4 Å². The highest BCUT2D eigenvalue weighted by atomic mass is 32.2. The number of aliphatic carboxylic acids is 1. The minimum Gasteiger partial charge on any atom is -0.481 e. The first-order valence-corrected chi connectivity index (χ1v) is 5.75. The van der Waals surface area contributed by atoms with Crippen molar-refractivity contribution >= 4 is 22.8 Å². The van der Waals surface area contributed by atoms with Gasteiger partial charge in [0.1, 0.15) is 0 Å². The summed E-state index contributed by atoms with van der Waals surface area (Å²) in [5.41, 5.74) is 2.21. The van der Waals surface area contributed by atoms with Crippen LogP contribution in [0.2, 0.25) is 0 Å². The van der Waals surface area contributed by atoms with Gasteiger partial charge in [0.2, 0.25) is 5.12 Å². The summed E-state index contributed by atoms with van der Waals surface area (Å²) in [4.78, 5) is 21.9. The van der Waals surface area contributed by atoms with Gasteiger partial charge < -0.3 is 5.11 Å². The molecule has 0 radical (unpaired) electrons. The molecule has 3 nitrogen and oxygen atoms in total. The van der Waals surface area contributed by atoms with E-state index < -0.39 is 5.97 Å². The third kappa shape index (κ3) is 1.85. The van der Waals surface area contributed by atoms with Crippen LogP contribution in [0.5, 0.6) is 0 Å². The number of allylic oxidation sites excluding steroid dienone is 1. The highest BCUT2D eigenvalue weighted by molar-refractivity contribution is 8.14. The molecule has 76 valence electrons. The van der Waals surface area contributed by atoms with Gasteiger partial charge >= 0.3 is 5.97 Å². The van der Waals surface area contributed by atoms with Crippen molar-refractivity contribution in [3.63, 3.8) is 0 Å². The van der Waals surface area contributed by atoms with E-state index >= 15 is 0 Å². The van der Waals surface area contributed by atoms with Crippen LogP contribution in [-0.4, -0.2) is 21.9 Å². The molecule has 0 heterocycles. The molecule has 0 aromatic heterocycles. The molecule has 1 atom stereocenters. The second-order valence-electron chi connectivity index (χ2n) is 3.86. The number of rotatable bonds is 3. The number of carboxylic acid groups (broad SMARTS) is 1. The van der Waals surface area contributed by atoms with Crippen LogP contribution in [0, 0.1) is 5.92 Å².